The largest absolute Gasteiger partial charge is 0.381 e. The van der Waals surface area contributed by atoms with Crippen molar-refractivity contribution in [2.45, 2.75) is 32.7 Å². The SMILES string of the molecule is Cc1noc(C)c1-c1ccc2nc(Cl)c(=O)n(C3CCOCC3)c2n1. The molecule has 0 unspecified atom stereocenters. The minimum absolute atomic E-state index is 0.00308. The molecule has 1 aliphatic heterocycles. The topological polar surface area (TPSA) is 83.0 Å². The summed E-state index contributed by atoms with van der Waals surface area (Å²) in [5.74, 6) is 0.686. The van der Waals surface area contributed by atoms with Gasteiger partial charge in [0.15, 0.2) is 10.8 Å². The number of halogens is 1. The zero-order valence-corrected chi connectivity index (χ0v) is 14.7. The van der Waals surface area contributed by atoms with Crippen molar-refractivity contribution in [1.82, 2.24) is 19.7 Å². The molecule has 7 nitrogen and oxygen atoms in total. The Kier molecular flexibility index (Phi) is 4.05. The van der Waals surface area contributed by atoms with Crippen molar-refractivity contribution >= 4 is 22.8 Å². The number of aromatic nitrogens is 4. The molecule has 0 spiro atoms. The predicted octanol–water partition coefficient (Wildman–Crippen LogP) is 3.07. The second-order valence-electron chi connectivity index (χ2n) is 6.16. The summed E-state index contributed by atoms with van der Waals surface area (Å²) in [6.07, 6.45) is 1.49. The molecular weight excluding hydrogens is 344 g/mol. The number of ether oxygens (including phenoxy) is 1. The first-order chi connectivity index (χ1) is 12.1. The Morgan fingerprint density at radius 2 is 1.96 bits per heavy atom. The molecule has 8 heteroatoms. The summed E-state index contributed by atoms with van der Waals surface area (Å²) < 4.78 is 12.3. The molecule has 0 bridgehead atoms. The first kappa shape index (κ1) is 16.2. The summed E-state index contributed by atoms with van der Waals surface area (Å²) in [5, 5.41) is 3.94. The van der Waals surface area contributed by atoms with Crippen molar-refractivity contribution < 1.29 is 9.26 Å². The Hall–Kier alpha value is -2.25. The van der Waals surface area contributed by atoms with Crippen molar-refractivity contribution in [2.24, 2.45) is 0 Å². The smallest absolute Gasteiger partial charge is 0.290 e. The molecule has 4 rings (SSSR count). The summed E-state index contributed by atoms with van der Waals surface area (Å²) in [6.45, 7) is 4.93. The van der Waals surface area contributed by atoms with E-state index >= 15 is 0 Å². The lowest BCUT2D eigenvalue weighted by Gasteiger charge is -2.25. The van der Waals surface area contributed by atoms with E-state index in [1.807, 2.05) is 26.0 Å². The summed E-state index contributed by atoms with van der Waals surface area (Å²) >= 11 is 6.07. The Labute approximate surface area is 148 Å². The lowest BCUT2D eigenvalue weighted by molar-refractivity contribution is 0.0696. The molecule has 0 aliphatic carbocycles. The van der Waals surface area contributed by atoms with Crippen LogP contribution in [0.4, 0.5) is 0 Å². The Balaban J connectivity index is 1.97. The van der Waals surface area contributed by atoms with Gasteiger partial charge in [0, 0.05) is 19.3 Å². The molecule has 3 aromatic heterocycles. The number of nitrogens with zero attached hydrogens (tertiary/aromatic N) is 4. The van der Waals surface area contributed by atoms with E-state index in [9.17, 15) is 4.79 Å². The lowest BCUT2D eigenvalue weighted by atomic mass is 10.1. The van der Waals surface area contributed by atoms with Crippen molar-refractivity contribution in [3.63, 3.8) is 0 Å². The van der Waals surface area contributed by atoms with E-state index in [1.54, 1.807) is 4.57 Å². The van der Waals surface area contributed by atoms with Crippen LogP contribution in [0.3, 0.4) is 0 Å². The van der Waals surface area contributed by atoms with Crippen LogP contribution in [0.1, 0.15) is 30.3 Å². The standard InChI is InChI=1S/C17H17ClN4O3/c1-9-14(10(2)25-21-9)12-3-4-13-16(20-12)22(17(23)15(18)19-13)11-5-7-24-8-6-11/h3-4,11H,5-8H2,1-2H3. The van der Waals surface area contributed by atoms with Gasteiger partial charge in [-0.2, -0.15) is 0 Å². The third kappa shape index (κ3) is 2.73. The van der Waals surface area contributed by atoms with Gasteiger partial charge < -0.3 is 9.26 Å². The highest BCUT2D eigenvalue weighted by atomic mass is 35.5. The molecule has 0 saturated carbocycles. The van der Waals surface area contributed by atoms with Gasteiger partial charge >= 0.3 is 0 Å². The van der Waals surface area contributed by atoms with Crippen LogP contribution in [-0.2, 0) is 4.74 Å². The van der Waals surface area contributed by atoms with E-state index < -0.39 is 0 Å². The van der Waals surface area contributed by atoms with Gasteiger partial charge in [0.2, 0.25) is 0 Å². The van der Waals surface area contributed by atoms with Crippen molar-refractivity contribution in [2.75, 3.05) is 13.2 Å². The zero-order chi connectivity index (χ0) is 17.6. The van der Waals surface area contributed by atoms with Gasteiger partial charge in [-0.1, -0.05) is 16.8 Å². The molecule has 0 amide bonds. The number of pyridine rings is 1. The Bertz CT molecular complexity index is 986. The minimum Gasteiger partial charge on any atom is -0.381 e. The second-order valence-corrected chi connectivity index (χ2v) is 6.52. The van der Waals surface area contributed by atoms with Gasteiger partial charge in [0.1, 0.15) is 11.3 Å². The van der Waals surface area contributed by atoms with Crippen LogP contribution in [0, 0.1) is 13.8 Å². The van der Waals surface area contributed by atoms with E-state index in [0.717, 1.165) is 24.1 Å². The molecule has 0 N–H and O–H groups in total. The maximum atomic E-state index is 12.7. The average molecular weight is 361 g/mol. The molecule has 0 aromatic carbocycles. The van der Waals surface area contributed by atoms with Crippen LogP contribution in [0.15, 0.2) is 21.5 Å². The van der Waals surface area contributed by atoms with Crippen LogP contribution in [0.25, 0.3) is 22.4 Å². The molecule has 0 radical (unpaired) electrons. The molecule has 1 fully saturated rings. The Morgan fingerprint density at radius 1 is 1.20 bits per heavy atom. The van der Waals surface area contributed by atoms with E-state index in [1.165, 1.54) is 0 Å². The van der Waals surface area contributed by atoms with Gasteiger partial charge in [-0.15, -0.1) is 0 Å². The van der Waals surface area contributed by atoms with Gasteiger partial charge in [-0.05, 0) is 38.8 Å². The highest BCUT2D eigenvalue weighted by Gasteiger charge is 2.23. The molecule has 3 aromatic rings. The van der Waals surface area contributed by atoms with Crippen molar-refractivity contribution in [3.05, 3.63) is 39.1 Å². The van der Waals surface area contributed by atoms with E-state index in [4.69, 9.17) is 25.8 Å². The van der Waals surface area contributed by atoms with E-state index in [2.05, 4.69) is 10.1 Å². The monoisotopic (exact) mass is 360 g/mol. The van der Waals surface area contributed by atoms with Crippen LogP contribution in [-0.4, -0.2) is 32.9 Å². The molecule has 130 valence electrons. The average Bonchev–Trinajstić information content (AvgIpc) is 2.95. The molecule has 1 aliphatic rings. The van der Waals surface area contributed by atoms with Crippen molar-refractivity contribution in [3.8, 4) is 11.3 Å². The predicted molar refractivity (Wildman–Crippen MR) is 92.9 cm³/mol. The number of aryl methyl sites for hydroxylation is 2. The summed E-state index contributed by atoms with van der Waals surface area (Å²) in [6, 6.07) is 3.67. The first-order valence-corrected chi connectivity index (χ1v) is 8.54. The van der Waals surface area contributed by atoms with Gasteiger partial charge in [-0.25, -0.2) is 9.97 Å². The highest BCUT2D eigenvalue weighted by Crippen LogP contribution is 2.28. The normalized spacial score (nSPS) is 15.8. The van der Waals surface area contributed by atoms with Crippen LogP contribution in [0.5, 0.6) is 0 Å². The third-order valence-corrected chi connectivity index (χ3v) is 4.79. The molecule has 4 heterocycles. The zero-order valence-electron chi connectivity index (χ0n) is 14.0. The fraction of sp³-hybridized carbons (Fsp3) is 0.412. The molecule has 25 heavy (non-hydrogen) atoms. The fourth-order valence-corrected chi connectivity index (χ4v) is 3.51. The lowest BCUT2D eigenvalue weighted by Crippen LogP contribution is -2.31. The van der Waals surface area contributed by atoms with E-state index in [-0.39, 0.29) is 16.8 Å². The maximum Gasteiger partial charge on any atom is 0.290 e. The van der Waals surface area contributed by atoms with Crippen LogP contribution in [0.2, 0.25) is 5.15 Å². The number of rotatable bonds is 2. The summed E-state index contributed by atoms with van der Waals surface area (Å²) in [7, 11) is 0. The van der Waals surface area contributed by atoms with Gasteiger partial charge in [0.25, 0.3) is 5.56 Å². The van der Waals surface area contributed by atoms with Gasteiger partial charge in [-0.3, -0.25) is 9.36 Å². The second kappa shape index (κ2) is 6.24. The van der Waals surface area contributed by atoms with Gasteiger partial charge in [0.05, 0.1) is 17.0 Å². The molecule has 1 saturated heterocycles. The molecular formula is C17H17ClN4O3. The molecule has 0 atom stereocenters. The summed E-state index contributed by atoms with van der Waals surface area (Å²) in [4.78, 5) is 21.6. The number of fused-ring (bicyclic) bond motifs is 1. The maximum absolute atomic E-state index is 12.7. The number of hydrogen-bond acceptors (Lipinski definition) is 6. The van der Waals surface area contributed by atoms with Crippen LogP contribution >= 0.6 is 11.6 Å². The van der Waals surface area contributed by atoms with Crippen molar-refractivity contribution in [1.29, 1.82) is 0 Å². The third-order valence-electron chi connectivity index (χ3n) is 4.54. The Morgan fingerprint density at radius 3 is 2.64 bits per heavy atom. The quantitative estimate of drug-likeness (QED) is 0.698. The highest BCUT2D eigenvalue weighted by molar-refractivity contribution is 6.29. The fourth-order valence-electron chi connectivity index (χ4n) is 3.32. The van der Waals surface area contributed by atoms with E-state index in [0.29, 0.717) is 35.8 Å². The minimum atomic E-state index is -0.315. The number of hydrogen-bond donors (Lipinski definition) is 0. The van der Waals surface area contributed by atoms with Crippen LogP contribution < -0.4 is 5.56 Å². The summed E-state index contributed by atoms with van der Waals surface area (Å²) in [5.41, 5.74) is 3.09. The first-order valence-electron chi connectivity index (χ1n) is 8.16.